The Bertz CT molecular complexity index is 941. The molecule has 0 aliphatic carbocycles. The number of nitrogens with one attached hydrogen (secondary N) is 2. The normalized spacial score (nSPS) is 11.5. The van der Waals surface area contributed by atoms with E-state index in [9.17, 15) is 23.1 Å². The number of rotatable bonds is 21. The van der Waals surface area contributed by atoms with Crippen LogP contribution in [0.25, 0.3) is 0 Å². The molecule has 0 saturated carbocycles. The highest BCUT2D eigenvalue weighted by Crippen LogP contribution is 2.20. The van der Waals surface area contributed by atoms with Crippen molar-refractivity contribution >= 4 is 27.6 Å². The minimum Gasteiger partial charge on any atom is -0.478 e. The summed E-state index contributed by atoms with van der Waals surface area (Å²) in [6, 6.07) is 3.80. The Hall–Kier alpha value is -2.61. The molecule has 1 aromatic rings. The first-order chi connectivity index (χ1) is 17.3. The number of amides is 1. The van der Waals surface area contributed by atoms with Crippen LogP contribution in [0.4, 0.5) is 5.69 Å². The van der Waals surface area contributed by atoms with Crippen molar-refractivity contribution in [2.24, 2.45) is 0 Å². The lowest BCUT2D eigenvalue weighted by Crippen LogP contribution is -2.25. The third kappa shape index (κ3) is 14.1. The zero-order chi connectivity index (χ0) is 26.7. The quantitative estimate of drug-likeness (QED) is 0.119. The molecule has 1 amide bonds. The number of carboxylic acids is 1. The van der Waals surface area contributed by atoms with Crippen molar-refractivity contribution in [3.8, 4) is 0 Å². The number of sulfonamides is 1. The second-order valence-electron chi connectivity index (χ2n) is 9.07. The van der Waals surface area contributed by atoms with Crippen molar-refractivity contribution in [1.82, 2.24) is 5.32 Å². The van der Waals surface area contributed by atoms with Gasteiger partial charge in [0.05, 0.1) is 11.3 Å². The molecule has 0 aliphatic heterocycles. The van der Waals surface area contributed by atoms with Gasteiger partial charge in [-0.25, -0.2) is 13.2 Å². The number of carbonyl (C=O) groups is 2. The predicted molar refractivity (Wildman–Crippen MR) is 148 cm³/mol. The van der Waals surface area contributed by atoms with E-state index in [0.29, 0.717) is 12.0 Å². The SMILES string of the molecule is C=CS(=O)(=O)Nc1cc(C(=O)NCCCCCCCC/C=C\CCCCCCCC)ccc1C(=O)O. The monoisotopic (exact) mass is 520 g/mol. The fourth-order valence-electron chi connectivity index (χ4n) is 3.83. The Balaban J connectivity index is 2.19. The molecular formula is C28H44N2O5S. The first-order valence-corrected chi connectivity index (χ1v) is 14.8. The van der Waals surface area contributed by atoms with Gasteiger partial charge in [-0.15, -0.1) is 0 Å². The van der Waals surface area contributed by atoms with Crippen LogP contribution in [0.15, 0.2) is 42.3 Å². The average molecular weight is 521 g/mol. The molecule has 0 fully saturated rings. The van der Waals surface area contributed by atoms with E-state index in [1.54, 1.807) is 0 Å². The van der Waals surface area contributed by atoms with Crippen molar-refractivity contribution in [1.29, 1.82) is 0 Å². The largest absolute Gasteiger partial charge is 0.478 e. The molecule has 1 rings (SSSR count). The van der Waals surface area contributed by atoms with E-state index in [1.165, 1.54) is 82.4 Å². The Labute approximate surface area is 217 Å². The molecule has 36 heavy (non-hydrogen) atoms. The summed E-state index contributed by atoms with van der Waals surface area (Å²) in [5.74, 6) is -1.67. The summed E-state index contributed by atoms with van der Waals surface area (Å²) in [5.41, 5.74) is -0.233. The number of anilines is 1. The highest BCUT2D eigenvalue weighted by Gasteiger charge is 2.17. The Kier molecular flexibility index (Phi) is 16.3. The van der Waals surface area contributed by atoms with E-state index in [2.05, 4.69) is 35.7 Å². The Morgan fingerprint density at radius 2 is 1.44 bits per heavy atom. The minimum absolute atomic E-state index is 0.174. The molecule has 3 N–H and O–H groups in total. The molecular weight excluding hydrogens is 476 g/mol. The van der Waals surface area contributed by atoms with Gasteiger partial charge < -0.3 is 10.4 Å². The standard InChI is InChI=1S/C28H44N2O5S/c1-3-5-6-7-8-9-10-11-12-13-14-15-16-17-18-19-22-29-27(31)24-20-21-25(28(32)33)26(23-24)30-36(34,35)4-2/h4,11-12,20-21,23,30H,2-3,5-10,13-19,22H2,1H3,(H,29,31)(H,32,33)/b12-11-. The van der Waals surface area contributed by atoms with Gasteiger partial charge in [0.15, 0.2) is 0 Å². The molecule has 0 unspecified atom stereocenters. The van der Waals surface area contributed by atoms with E-state index in [1.807, 2.05) is 0 Å². The second-order valence-corrected chi connectivity index (χ2v) is 10.7. The van der Waals surface area contributed by atoms with Gasteiger partial charge in [0.25, 0.3) is 15.9 Å². The highest BCUT2D eigenvalue weighted by molar-refractivity contribution is 7.95. The molecule has 202 valence electrons. The summed E-state index contributed by atoms with van der Waals surface area (Å²) < 4.78 is 25.6. The minimum atomic E-state index is -3.90. The molecule has 0 radical (unpaired) electrons. The number of hydrogen-bond donors (Lipinski definition) is 3. The summed E-state index contributed by atoms with van der Waals surface area (Å²) in [4.78, 5) is 23.8. The maximum Gasteiger partial charge on any atom is 0.337 e. The van der Waals surface area contributed by atoms with Gasteiger partial charge in [0.1, 0.15) is 0 Å². The third-order valence-corrected chi connectivity index (χ3v) is 6.90. The van der Waals surface area contributed by atoms with Crippen LogP contribution in [0.2, 0.25) is 0 Å². The maximum atomic E-state index is 12.4. The van der Waals surface area contributed by atoms with E-state index in [0.717, 1.165) is 25.7 Å². The van der Waals surface area contributed by atoms with Crippen LogP contribution in [-0.4, -0.2) is 31.9 Å². The summed E-state index contributed by atoms with van der Waals surface area (Å²) in [6.45, 7) is 5.94. The number of carbonyl (C=O) groups excluding carboxylic acids is 1. The smallest absolute Gasteiger partial charge is 0.337 e. The van der Waals surface area contributed by atoms with Crippen molar-refractivity contribution in [3.05, 3.63) is 53.5 Å². The van der Waals surface area contributed by atoms with E-state index < -0.39 is 16.0 Å². The fourth-order valence-corrected chi connectivity index (χ4v) is 4.39. The molecule has 0 aromatic heterocycles. The van der Waals surface area contributed by atoms with Crippen LogP contribution in [0.5, 0.6) is 0 Å². The van der Waals surface area contributed by atoms with Crippen LogP contribution in [-0.2, 0) is 10.0 Å². The summed E-state index contributed by atoms with van der Waals surface area (Å²) in [6.07, 6.45) is 21.7. The maximum absolute atomic E-state index is 12.4. The molecule has 0 heterocycles. The van der Waals surface area contributed by atoms with Gasteiger partial charge in [0, 0.05) is 17.5 Å². The Morgan fingerprint density at radius 1 is 0.889 bits per heavy atom. The van der Waals surface area contributed by atoms with Crippen molar-refractivity contribution in [3.63, 3.8) is 0 Å². The first kappa shape index (κ1) is 31.4. The summed E-state index contributed by atoms with van der Waals surface area (Å²) >= 11 is 0. The molecule has 0 atom stereocenters. The number of hydrogen-bond acceptors (Lipinski definition) is 4. The lowest BCUT2D eigenvalue weighted by molar-refractivity contribution is 0.0697. The molecule has 7 nitrogen and oxygen atoms in total. The number of unbranched alkanes of at least 4 members (excludes halogenated alkanes) is 12. The highest BCUT2D eigenvalue weighted by atomic mass is 32.2. The third-order valence-electron chi connectivity index (χ3n) is 5.96. The van der Waals surface area contributed by atoms with Gasteiger partial charge in [-0.05, 0) is 50.3 Å². The molecule has 8 heteroatoms. The number of allylic oxidation sites excluding steroid dienone is 2. The van der Waals surface area contributed by atoms with Crippen molar-refractivity contribution in [2.45, 2.75) is 96.8 Å². The summed E-state index contributed by atoms with van der Waals surface area (Å²) in [7, 11) is -3.90. The van der Waals surface area contributed by atoms with Crippen molar-refractivity contribution in [2.75, 3.05) is 11.3 Å². The van der Waals surface area contributed by atoms with Gasteiger partial charge in [-0.3, -0.25) is 9.52 Å². The Morgan fingerprint density at radius 3 is 2.00 bits per heavy atom. The molecule has 0 spiro atoms. The van der Waals surface area contributed by atoms with Crippen LogP contribution < -0.4 is 10.0 Å². The molecule has 0 saturated heterocycles. The topological polar surface area (TPSA) is 113 Å². The molecule has 0 aliphatic rings. The molecule has 0 bridgehead atoms. The zero-order valence-corrected chi connectivity index (χ0v) is 22.6. The van der Waals surface area contributed by atoms with E-state index in [-0.39, 0.29) is 22.7 Å². The number of aromatic carboxylic acids is 1. The van der Waals surface area contributed by atoms with E-state index >= 15 is 0 Å². The van der Waals surface area contributed by atoms with Crippen LogP contribution >= 0.6 is 0 Å². The van der Waals surface area contributed by atoms with Gasteiger partial charge in [-0.2, -0.15) is 0 Å². The second kappa shape index (κ2) is 18.6. The summed E-state index contributed by atoms with van der Waals surface area (Å²) in [5, 5.41) is 12.8. The van der Waals surface area contributed by atoms with E-state index in [4.69, 9.17) is 0 Å². The zero-order valence-electron chi connectivity index (χ0n) is 21.8. The lowest BCUT2D eigenvalue weighted by Gasteiger charge is -2.11. The average Bonchev–Trinajstić information content (AvgIpc) is 2.85. The van der Waals surface area contributed by atoms with Gasteiger partial charge >= 0.3 is 5.97 Å². The lowest BCUT2D eigenvalue weighted by atomic mass is 10.1. The van der Waals surface area contributed by atoms with Gasteiger partial charge in [-0.1, -0.05) is 83.4 Å². The number of benzene rings is 1. The molecule has 1 aromatic carbocycles. The predicted octanol–water partition coefficient (Wildman–Crippen LogP) is 7.04. The fraction of sp³-hybridized carbons (Fsp3) is 0.571. The van der Waals surface area contributed by atoms with Crippen LogP contribution in [0.3, 0.4) is 0 Å². The van der Waals surface area contributed by atoms with Crippen LogP contribution in [0, 0.1) is 0 Å². The van der Waals surface area contributed by atoms with Crippen LogP contribution in [0.1, 0.15) is 118 Å². The van der Waals surface area contributed by atoms with Crippen molar-refractivity contribution < 1.29 is 23.1 Å². The number of carboxylic acid groups (broad SMARTS) is 1. The first-order valence-electron chi connectivity index (χ1n) is 13.3. The van der Waals surface area contributed by atoms with Gasteiger partial charge in [0.2, 0.25) is 0 Å².